The smallest absolute Gasteiger partial charge is 0.356 e. The molecule has 0 amide bonds. The molecule has 0 unspecified atom stereocenters. The third-order valence-electron chi connectivity index (χ3n) is 3.79. The predicted molar refractivity (Wildman–Crippen MR) is 112 cm³/mol. The number of aromatic nitrogens is 2. The zero-order valence-corrected chi connectivity index (χ0v) is 17.6. The molecule has 27 heavy (non-hydrogen) atoms. The van der Waals surface area contributed by atoms with Crippen molar-refractivity contribution >= 4 is 46.2 Å². The monoisotopic (exact) mass is 509 g/mol. The third kappa shape index (κ3) is 5.83. The van der Waals surface area contributed by atoms with E-state index < -0.39 is 11.7 Å². The van der Waals surface area contributed by atoms with Crippen molar-refractivity contribution < 1.29 is 13.2 Å². The number of nitrogens with zero attached hydrogens (tertiary/aromatic N) is 3. The fraction of sp³-hybridized carbons (Fsp3) is 0.294. The number of nitrogens with one attached hydrogen (secondary N) is 2. The minimum atomic E-state index is -4.30. The van der Waals surface area contributed by atoms with Gasteiger partial charge in [0, 0.05) is 31.4 Å². The number of hydrogen-bond donors (Lipinski definition) is 2. The van der Waals surface area contributed by atoms with Gasteiger partial charge in [0.05, 0.1) is 17.8 Å². The van der Waals surface area contributed by atoms with Crippen molar-refractivity contribution in [3.63, 3.8) is 0 Å². The van der Waals surface area contributed by atoms with Gasteiger partial charge in [0.1, 0.15) is 0 Å². The molecule has 2 aromatic heterocycles. The molecule has 0 aliphatic carbocycles. The number of imidazole rings is 1. The van der Waals surface area contributed by atoms with Crippen LogP contribution in [-0.2, 0) is 19.1 Å². The molecule has 10 heteroatoms. The molecule has 5 nitrogen and oxygen atoms in total. The van der Waals surface area contributed by atoms with E-state index in [1.807, 2.05) is 22.2 Å². The lowest BCUT2D eigenvalue weighted by Crippen LogP contribution is -2.37. The van der Waals surface area contributed by atoms with Crippen molar-refractivity contribution in [2.75, 3.05) is 13.6 Å². The van der Waals surface area contributed by atoms with Crippen LogP contribution in [0, 0.1) is 0 Å². The van der Waals surface area contributed by atoms with Gasteiger partial charge >= 0.3 is 6.18 Å². The summed E-state index contributed by atoms with van der Waals surface area (Å²) >= 11 is 1.57. The summed E-state index contributed by atoms with van der Waals surface area (Å²) in [6.07, 6.45) is 0.200. The third-order valence-corrected chi connectivity index (χ3v) is 4.56. The molecule has 0 spiro atoms. The summed E-state index contributed by atoms with van der Waals surface area (Å²) < 4.78 is 39.6. The van der Waals surface area contributed by atoms with Gasteiger partial charge in [-0.15, -0.1) is 35.3 Å². The number of thiazole rings is 1. The average Bonchev–Trinajstić information content (AvgIpc) is 3.19. The summed E-state index contributed by atoms with van der Waals surface area (Å²) in [5.74, 6) is 0.619. The first-order valence-electron chi connectivity index (χ1n) is 7.97. The van der Waals surface area contributed by atoms with Crippen molar-refractivity contribution in [3.05, 3.63) is 58.9 Å². The van der Waals surface area contributed by atoms with Gasteiger partial charge in [-0.2, -0.15) is 13.2 Å². The Morgan fingerprint density at radius 1 is 1.22 bits per heavy atom. The summed E-state index contributed by atoms with van der Waals surface area (Å²) in [6.45, 7) is 1.09. The van der Waals surface area contributed by atoms with E-state index in [-0.39, 0.29) is 24.0 Å². The first-order chi connectivity index (χ1) is 12.5. The van der Waals surface area contributed by atoms with Gasteiger partial charge in [-0.25, -0.2) is 4.98 Å². The fourth-order valence-corrected chi connectivity index (χ4v) is 3.16. The first kappa shape index (κ1) is 21.5. The van der Waals surface area contributed by atoms with Crippen LogP contribution >= 0.6 is 35.3 Å². The molecular formula is C17H19F3IN5S. The minimum absolute atomic E-state index is 0. The van der Waals surface area contributed by atoms with Gasteiger partial charge in [-0.1, -0.05) is 12.1 Å². The van der Waals surface area contributed by atoms with Crippen LogP contribution in [0.25, 0.3) is 4.96 Å². The number of benzene rings is 1. The number of aliphatic imine (C=N–C) groups is 1. The lowest BCUT2D eigenvalue weighted by atomic mass is 10.1. The maximum absolute atomic E-state index is 12.6. The molecule has 0 fully saturated rings. The summed E-state index contributed by atoms with van der Waals surface area (Å²) in [5.41, 5.74) is 1.10. The zero-order valence-electron chi connectivity index (χ0n) is 14.5. The standard InChI is InChI=1S/C17H18F3N5S.HI/c1-21-15(23-10-14-11-25-8-9-26-16(25)24-14)22-7-6-12-2-4-13(5-3-12)17(18,19)20;/h2-5,8-9,11H,6-7,10H2,1H3,(H2,21,22,23);1H. The maximum Gasteiger partial charge on any atom is 0.416 e. The Kier molecular flexibility index (Phi) is 7.48. The molecule has 0 saturated heterocycles. The van der Waals surface area contributed by atoms with Crippen LogP contribution in [-0.4, -0.2) is 28.9 Å². The number of halogens is 4. The van der Waals surface area contributed by atoms with Crippen molar-refractivity contribution in [2.45, 2.75) is 19.1 Å². The molecule has 0 aliphatic rings. The maximum atomic E-state index is 12.6. The number of alkyl halides is 3. The van der Waals surface area contributed by atoms with E-state index in [1.165, 1.54) is 12.1 Å². The number of fused-ring (bicyclic) bond motifs is 1. The number of rotatable bonds is 5. The zero-order chi connectivity index (χ0) is 18.6. The molecule has 0 bridgehead atoms. The quantitative estimate of drug-likeness (QED) is 0.312. The highest BCUT2D eigenvalue weighted by atomic mass is 127. The van der Waals surface area contributed by atoms with Crippen LogP contribution in [0.4, 0.5) is 13.2 Å². The van der Waals surface area contributed by atoms with Crippen LogP contribution in [0.3, 0.4) is 0 Å². The minimum Gasteiger partial charge on any atom is -0.356 e. The van der Waals surface area contributed by atoms with Crippen molar-refractivity contribution in [1.82, 2.24) is 20.0 Å². The van der Waals surface area contributed by atoms with E-state index in [4.69, 9.17) is 0 Å². The second-order valence-electron chi connectivity index (χ2n) is 5.62. The Labute approximate surface area is 175 Å². The van der Waals surface area contributed by atoms with Gasteiger partial charge in [0.25, 0.3) is 0 Å². The second kappa shape index (κ2) is 9.40. The molecule has 0 saturated carbocycles. The Morgan fingerprint density at radius 3 is 2.59 bits per heavy atom. The van der Waals surface area contributed by atoms with E-state index in [9.17, 15) is 13.2 Å². The topological polar surface area (TPSA) is 53.7 Å². The normalized spacial score (nSPS) is 12.1. The Hall–Kier alpha value is -1.82. The van der Waals surface area contributed by atoms with Gasteiger partial charge in [-0.3, -0.25) is 9.39 Å². The second-order valence-corrected chi connectivity index (χ2v) is 6.50. The average molecular weight is 509 g/mol. The summed E-state index contributed by atoms with van der Waals surface area (Å²) in [7, 11) is 1.67. The van der Waals surface area contributed by atoms with Gasteiger partial charge < -0.3 is 10.6 Å². The van der Waals surface area contributed by atoms with Crippen LogP contribution in [0.5, 0.6) is 0 Å². The molecule has 2 N–H and O–H groups in total. The van der Waals surface area contributed by atoms with Crippen LogP contribution < -0.4 is 10.6 Å². The van der Waals surface area contributed by atoms with Crippen LogP contribution in [0.2, 0.25) is 0 Å². The van der Waals surface area contributed by atoms with Crippen molar-refractivity contribution in [2.24, 2.45) is 4.99 Å². The molecule has 146 valence electrons. The van der Waals surface area contributed by atoms with Crippen molar-refractivity contribution in [3.8, 4) is 0 Å². The molecule has 0 radical (unpaired) electrons. The Morgan fingerprint density at radius 2 is 1.96 bits per heavy atom. The molecule has 2 heterocycles. The van der Waals surface area contributed by atoms with Crippen molar-refractivity contribution in [1.29, 1.82) is 0 Å². The lowest BCUT2D eigenvalue weighted by molar-refractivity contribution is -0.137. The molecule has 0 aliphatic heterocycles. The summed E-state index contributed by atoms with van der Waals surface area (Å²) in [5, 5.41) is 8.29. The highest BCUT2D eigenvalue weighted by Crippen LogP contribution is 2.29. The number of guanidine groups is 1. The van der Waals surface area contributed by atoms with E-state index in [0.29, 0.717) is 25.5 Å². The molecule has 3 rings (SSSR count). The van der Waals surface area contributed by atoms with Crippen LogP contribution in [0.1, 0.15) is 16.8 Å². The van der Waals surface area contributed by atoms with Gasteiger partial charge in [-0.05, 0) is 24.1 Å². The fourth-order valence-electron chi connectivity index (χ4n) is 2.44. The summed E-state index contributed by atoms with van der Waals surface area (Å²) in [4.78, 5) is 9.55. The van der Waals surface area contributed by atoms with E-state index in [2.05, 4.69) is 20.6 Å². The molecule has 3 aromatic rings. The SMILES string of the molecule is CN=C(NCCc1ccc(C(F)(F)F)cc1)NCc1cn2ccsc2n1.I. The largest absolute Gasteiger partial charge is 0.416 e. The Balaban J connectivity index is 0.00000261. The lowest BCUT2D eigenvalue weighted by Gasteiger charge is -2.11. The van der Waals surface area contributed by atoms with E-state index in [1.54, 1.807) is 18.4 Å². The van der Waals surface area contributed by atoms with Gasteiger partial charge in [0.2, 0.25) is 0 Å². The predicted octanol–water partition coefficient (Wildman–Crippen LogP) is 3.94. The highest BCUT2D eigenvalue weighted by molar-refractivity contribution is 14.0. The first-order valence-corrected chi connectivity index (χ1v) is 8.85. The molecule has 1 aromatic carbocycles. The highest BCUT2D eigenvalue weighted by Gasteiger charge is 2.29. The Bertz CT molecular complexity index is 857. The van der Waals surface area contributed by atoms with Gasteiger partial charge in [0.15, 0.2) is 10.9 Å². The molecule has 0 atom stereocenters. The van der Waals surface area contributed by atoms with E-state index in [0.717, 1.165) is 28.4 Å². The summed E-state index contributed by atoms with van der Waals surface area (Å²) in [6, 6.07) is 5.21. The van der Waals surface area contributed by atoms with Crippen LogP contribution in [0.15, 0.2) is 47.0 Å². The molecular weight excluding hydrogens is 490 g/mol. The number of hydrogen-bond acceptors (Lipinski definition) is 3. The van der Waals surface area contributed by atoms with E-state index >= 15 is 0 Å².